The van der Waals surface area contributed by atoms with E-state index in [0.29, 0.717) is 0 Å². The zero-order chi connectivity index (χ0) is 16.9. The fourth-order valence-electron chi connectivity index (χ4n) is 3.18. The van der Waals surface area contributed by atoms with E-state index in [1.807, 2.05) is 0 Å². The van der Waals surface area contributed by atoms with Crippen LogP contribution >= 0.6 is 0 Å². The van der Waals surface area contributed by atoms with Crippen molar-refractivity contribution < 1.29 is 19.7 Å². The summed E-state index contributed by atoms with van der Waals surface area (Å²) >= 11 is 0. The quantitative estimate of drug-likeness (QED) is 0.426. The molecule has 1 amide bonds. The number of carbonyl (C=O) groups excluding carboxylic acids is 1. The highest BCUT2D eigenvalue weighted by molar-refractivity contribution is 5.70. The summed E-state index contributed by atoms with van der Waals surface area (Å²) in [7, 11) is 0. The number of cyclic esters (lactones) is 1. The van der Waals surface area contributed by atoms with Crippen molar-refractivity contribution in [3.8, 4) is 0 Å². The lowest BCUT2D eigenvalue weighted by Crippen LogP contribution is -2.44. The van der Waals surface area contributed by atoms with Crippen LogP contribution in [0.2, 0.25) is 0 Å². The van der Waals surface area contributed by atoms with Gasteiger partial charge in [-0.05, 0) is 12.8 Å². The smallest absolute Gasteiger partial charge is 0.407 e. The van der Waals surface area contributed by atoms with Gasteiger partial charge in [-0.25, -0.2) is 4.79 Å². The molecule has 0 unspecified atom stereocenters. The second kappa shape index (κ2) is 12.6. The predicted octanol–water partition coefficient (Wildman–Crippen LogP) is 3.52. The van der Waals surface area contributed by atoms with E-state index in [9.17, 15) is 9.90 Å². The van der Waals surface area contributed by atoms with Gasteiger partial charge in [0.2, 0.25) is 0 Å². The van der Waals surface area contributed by atoms with Crippen LogP contribution in [0.1, 0.15) is 84.0 Å². The second-order valence-electron chi connectivity index (χ2n) is 6.69. The third-order valence-corrected chi connectivity index (χ3v) is 4.64. The van der Waals surface area contributed by atoms with Gasteiger partial charge in [-0.1, -0.05) is 71.1 Å². The Morgan fingerprint density at radius 3 is 2.04 bits per heavy atom. The third kappa shape index (κ3) is 8.56. The number of rotatable bonds is 14. The van der Waals surface area contributed by atoms with Gasteiger partial charge in [0.05, 0.1) is 12.6 Å². The molecule has 5 nitrogen and oxygen atoms in total. The molecule has 0 aliphatic carbocycles. The molecule has 23 heavy (non-hydrogen) atoms. The van der Waals surface area contributed by atoms with Gasteiger partial charge in [-0.15, -0.1) is 0 Å². The van der Waals surface area contributed by atoms with Gasteiger partial charge in [-0.2, -0.15) is 0 Å². The molecule has 1 aliphatic heterocycles. The zero-order valence-corrected chi connectivity index (χ0v) is 14.6. The van der Waals surface area contributed by atoms with Crippen LogP contribution in [-0.2, 0) is 4.74 Å². The molecule has 0 saturated carbocycles. The number of alkyl carbamates (subject to hydrolysis) is 1. The molecular formula is C18H35NO4. The van der Waals surface area contributed by atoms with E-state index >= 15 is 0 Å². The van der Waals surface area contributed by atoms with E-state index in [1.165, 1.54) is 57.8 Å². The van der Waals surface area contributed by atoms with Crippen LogP contribution in [0.5, 0.6) is 0 Å². The lowest BCUT2D eigenvalue weighted by molar-refractivity contribution is 0.0356. The van der Waals surface area contributed by atoms with E-state index in [4.69, 9.17) is 9.84 Å². The molecule has 1 heterocycles. The normalized spacial score (nSPS) is 22.0. The molecule has 0 radical (unpaired) electrons. The SMILES string of the molecule is CCCCCCCCCCCCC[C@@H]1OC(=O)N[C@H]1[C@@H](O)CO. The Balaban J connectivity index is 1.97. The van der Waals surface area contributed by atoms with E-state index < -0.39 is 18.2 Å². The Bertz CT molecular complexity index is 311. The number of unbranched alkanes of at least 4 members (excludes halogenated alkanes) is 10. The average molecular weight is 329 g/mol. The monoisotopic (exact) mass is 329 g/mol. The van der Waals surface area contributed by atoms with Crippen molar-refractivity contribution in [1.82, 2.24) is 5.32 Å². The molecule has 3 atom stereocenters. The first kappa shape index (κ1) is 20.2. The van der Waals surface area contributed by atoms with Crippen molar-refractivity contribution in [2.24, 2.45) is 0 Å². The summed E-state index contributed by atoms with van der Waals surface area (Å²) in [4.78, 5) is 11.3. The number of ether oxygens (including phenoxy) is 1. The molecule has 0 aromatic carbocycles. The van der Waals surface area contributed by atoms with Gasteiger partial charge in [0.1, 0.15) is 12.2 Å². The summed E-state index contributed by atoms with van der Waals surface area (Å²) in [5.74, 6) is 0. The molecule has 1 aliphatic rings. The minimum atomic E-state index is -0.945. The standard InChI is InChI=1S/C18H35NO4/c1-2-3-4-5-6-7-8-9-10-11-12-13-16-17(15(21)14-20)19-18(22)23-16/h15-17,20-21H,2-14H2,1H3,(H,19,22)/t15-,16-,17-/m0/s1. The molecule has 0 aromatic heterocycles. The first-order chi connectivity index (χ1) is 11.2. The number of nitrogens with one attached hydrogen (secondary N) is 1. The fourth-order valence-corrected chi connectivity index (χ4v) is 3.18. The summed E-state index contributed by atoms with van der Waals surface area (Å²) in [6.07, 6.45) is 13.1. The molecule has 1 fully saturated rings. The van der Waals surface area contributed by atoms with Gasteiger partial charge in [0.25, 0.3) is 0 Å². The largest absolute Gasteiger partial charge is 0.444 e. The number of amides is 1. The summed E-state index contributed by atoms with van der Waals surface area (Å²) in [5.41, 5.74) is 0. The fraction of sp³-hybridized carbons (Fsp3) is 0.944. The van der Waals surface area contributed by atoms with Crippen molar-refractivity contribution in [3.63, 3.8) is 0 Å². The van der Waals surface area contributed by atoms with Crippen molar-refractivity contribution in [2.75, 3.05) is 6.61 Å². The Labute approximate surface area is 140 Å². The van der Waals surface area contributed by atoms with Crippen LogP contribution in [0.4, 0.5) is 4.79 Å². The average Bonchev–Trinajstić information content (AvgIpc) is 2.92. The Morgan fingerprint density at radius 2 is 1.52 bits per heavy atom. The van der Waals surface area contributed by atoms with Crippen molar-refractivity contribution in [1.29, 1.82) is 0 Å². The Morgan fingerprint density at radius 1 is 1.00 bits per heavy atom. The molecule has 0 spiro atoms. The van der Waals surface area contributed by atoms with E-state index in [-0.39, 0.29) is 12.7 Å². The van der Waals surface area contributed by atoms with Crippen molar-refractivity contribution in [3.05, 3.63) is 0 Å². The first-order valence-corrected chi connectivity index (χ1v) is 9.45. The summed E-state index contributed by atoms with van der Waals surface area (Å²) in [5, 5.41) is 21.3. The summed E-state index contributed by atoms with van der Waals surface area (Å²) in [6.45, 7) is 1.89. The maximum atomic E-state index is 11.3. The summed E-state index contributed by atoms with van der Waals surface area (Å²) < 4.78 is 5.17. The number of aliphatic hydroxyl groups excluding tert-OH is 2. The maximum Gasteiger partial charge on any atom is 0.407 e. The second-order valence-corrected chi connectivity index (χ2v) is 6.69. The minimum Gasteiger partial charge on any atom is -0.444 e. The highest BCUT2D eigenvalue weighted by Gasteiger charge is 2.37. The summed E-state index contributed by atoms with van der Waals surface area (Å²) in [6, 6.07) is -0.476. The third-order valence-electron chi connectivity index (χ3n) is 4.64. The molecule has 0 bridgehead atoms. The van der Waals surface area contributed by atoms with Gasteiger partial charge in [0, 0.05) is 0 Å². The van der Waals surface area contributed by atoms with Crippen LogP contribution in [-0.4, -0.2) is 41.2 Å². The van der Waals surface area contributed by atoms with Gasteiger partial charge in [-0.3, -0.25) is 0 Å². The minimum absolute atomic E-state index is 0.316. The molecule has 136 valence electrons. The van der Waals surface area contributed by atoms with E-state index in [2.05, 4.69) is 12.2 Å². The molecule has 3 N–H and O–H groups in total. The highest BCUT2D eigenvalue weighted by atomic mass is 16.6. The van der Waals surface area contributed by atoms with Crippen molar-refractivity contribution in [2.45, 2.75) is 102 Å². The Hall–Kier alpha value is -0.810. The van der Waals surface area contributed by atoms with Crippen LogP contribution < -0.4 is 5.32 Å². The van der Waals surface area contributed by atoms with Crippen LogP contribution in [0.25, 0.3) is 0 Å². The van der Waals surface area contributed by atoms with Gasteiger partial charge in [0.15, 0.2) is 0 Å². The number of carbonyl (C=O) groups is 1. The topological polar surface area (TPSA) is 78.8 Å². The predicted molar refractivity (Wildman–Crippen MR) is 91.4 cm³/mol. The number of hydrogen-bond acceptors (Lipinski definition) is 4. The van der Waals surface area contributed by atoms with E-state index in [0.717, 1.165) is 19.3 Å². The first-order valence-electron chi connectivity index (χ1n) is 9.45. The number of hydrogen-bond donors (Lipinski definition) is 3. The van der Waals surface area contributed by atoms with Crippen LogP contribution in [0.3, 0.4) is 0 Å². The molecular weight excluding hydrogens is 294 g/mol. The van der Waals surface area contributed by atoms with Gasteiger partial charge >= 0.3 is 6.09 Å². The molecule has 0 aromatic rings. The van der Waals surface area contributed by atoms with Crippen LogP contribution in [0.15, 0.2) is 0 Å². The van der Waals surface area contributed by atoms with Crippen LogP contribution in [0, 0.1) is 0 Å². The van der Waals surface area contributed by atoms with Gasteiger partial charge < -0.3 is 20.3 Å². The zero-order valence-electron chi connectivity index (χ0n) is 14.6. The molecule has 1 saturated heterocycles. The number of aliphatic hydroxyl groups is 2. The lowest BCUT2D eigenvalue weighted by atomic mass is 9.99. The maximum absolute atomic E-state index is 11.3. The lowest BCUT2D eigenvalue weighted by Gasteiger charge is -2.20. The highest BCUT2D eigenvalue weighted by Crippen LogP contribution is 2.19. The molecule has 1 rings (SSSR count). The van der Waals surface area contributed by atoms with E-state index in [1.54, 1.807) is 0 Å². The van der Waals surface area contributed by atoms with Crippen molar-refractivity contribution >= 4 is 6.09 Å². The molecule has 5 heteroatoms. The Kier molecular flexibility index (Phi) is 11.1.